The highest BCUT2D eigenvalue weighted by molar-refractivity contribution is 14.1. The van der Waals surface area contributed by atoms with Crippen LogP contribution in [0.3, 0.4) is 0 Å². The Morgan fingerprint density at radius 2 is 2.20 bits per heavy atom. The van der Waals surface area contributed by atoms with E-state index in [4.69, 9.17) is 5.11 Å². The molecule has 1 saturated heterocycles. The molecule has 1 aliphatic heterocycles. The fourth-order valence-electron chi connectivity index (χ4n) is 2.41. The van der Waals surface area contributed by atoms with Crippen LogP contribution in [0.25, 0.3) is 0 Å². The Balaban J connectivity index is 2.41. The van der Waals surface area contributed by atoms with E-state index in [1.54, 1.807) is 34.4 Å². The van der Waals surface area contributed by atoms with Gasteiger partial charge in [0.15, 0.2) is 0 Å². The Hall–Kier alpha value is -1.45. The molecule has 1 N–H and O–H groups in total. The van der Waals surface area contributed by atoms with Gasteiger partial charge >= 0.3 is 5.97 Å². The van der Waals surface area contributed by atoms with E-state index in [0.29, 0.717) is 6.54 Å². The molecule has 6 nitrogen and oxygen atoms in total. The van der Waals surface area contributed by atoms with Gasteiger partial charge in [0.25, 0.3) is 5.69 Å². The van der Waals surface area contributed by atoms with Crippen LogP contribution in [0.4, 0.5) is 15.8 Å². The van der Waals surface area contributed by atoms with Crippen molar-refractivity contribution in [3.05, 3.63) is 31.6 Å². The van der Waals surface area contributed by atoms with Crippen LogP contribution in [0, 0.1) is 31.3 Å². The third kappa shape index (κ3) is 2.69. The maximum absolute atomic E-state index is 13.7. The summed E-state index contributed by atoms with van der Waals surface area (Å²) in [4.78, 5) is 23.2. The van der Waals surface area contributed by atoms with Gasteiger partial charge in [0.1, 0.15) is 11.5 Å². The third-order valence-electron chi connectivity index (χ3n) is 3.48. The number of aliphatic carboxylic acids is 1. The molecule has 1 fully saturated rings. The van der Waals surface area contributed by atoms with Crippen LogP contribution in [-0.2, 0) is 4.79 Å². The molecule has 1 aromatic carbocycles. The zero-order valence-electron chi connectivity index (χ0n) is 10.5. The molecule has 108 valence electrons. The standard InChI is InChI=1S/C12H12FIN2O4/c1-6-4-15(5-7(6)12(17)18)10-2-8(13)9(14)3-11(10)16(19)20/h2-3,6-7H,4-5H2,1H3,(H,17,18)/t6-,7-/m1/s1. The first-order chi connectivity index (χ1) is 9.31. The van der Waals surface area contributed by atoms with Gasteiger partial charge in [-0.2, -0.15) is 0 Å². The summed E-state index contributed by atoms with van der Waals surface area (Å²) in [6.07, 6.45) is 0. The van der Waals surface area contributed by atoms with Crippen molar-refractivity contribution < 1.29 is 19.2 Å². The minimum atomic E-state index is -0.936. The highest BCUT2D eigenvalue weighted by atomic mass is 127. The number of halogens is 2. The van der Waals surface area contributed by atoms with Gasteiger partial charge in [-0.1, -0.05) is 6.92 Å². The van der Waals surface area contributed by atoms with E-state index < -0.39 is 22.6 Å². The van der Waals surface area contributed by atoms with Crippen LogP contribution in [0.2, 0.25) is 0 Å². The molecular weight excluding hydrogens is 382 g/mol. The first-order valence-corrected chi connectivity index (χ1v) is 7.00. The second-order valence-corrected chi connectivity index (χ2v) is 6.00. The zero-order chi connectivity index (χ0) is 15.0. The number of anilines is 1. The molecule has 0 amide bonds. The van der Waals surface area contributed by atoms with Crippen molar-refractivity contribution in [1.29, 1.82) is 0 Å². The fraction of sp³-hybridized carbons (Fsp3) is 0.417. The highest BCUT2D eigenvalue weighted by Crippen LogP contribution is 2.36. The number of carbonyl (C=O) groups is 1. The van der Waals surface area contributed by atoms with Crippen molar-refractivity contribution in [2.75, 3.05) is 18.0 Å². The first-order valence-electron chi connectivity index (χ1n) is 5.92. The first kappa shape index (κ1) is 14.9. The second kappa shape index (κ2) is 5.51. The summed E-state index contributed by atoms with van der Waals surface area (Å²) in [6.45, 7) is 2.28. The monoisotopic (exact) mass is 394 g/mol. The topological polar surface area (TPSA) is 83.7 Å². The van der Waals surface area contributed by atoms with E-state index in [1.165, 1.54) is 6.07 Å². The number of nitro benzene ring substituents is 1. The molecule has 0 saturated carbocycles. The second-order valence-electron chi connectivity index (χ2n) is 4.84. The van der Waals surface area contributed by atoms with Crippen LogP contribution in [0.15, 0.2) is 12.1 Å². The number of rotatable bonds is 3. The van der Waals surface area contributed by atoms with Crippen molar-refractivity contribution in [3.8, 4) is 0 Å². The van der Waals surface area contributed by atoms with Gasteiger partial charge in [0, 0.05) is 25.2 Å². The smallest absolute Gasteiger partial charge is 0.308 e. The van der Waals surface area contributed by atoms with Crippen molar-refractivity contribution >= 4 is 39.9 Å². The summed E-state index contributed by atoms with van der Waals surface area (Å²) in [7, 11) is 0. The highest BCUT2D eigenvalue weighted by Gasteiger charge is 2.37. The maximum atomic E-state index is 13.7. The molecule has 0 aromatic heterocycles. The Labute approximate surface area is 127 Å². The summed E-state index contributed by atoms with van der Waals surface area (Å²) in [5.74, 6) is -2.22. The summed E-state index contributed by atoms with van der Waals surface area (Å²) in [5.41, 5.74) is -0.0578. The summed E-state index contributed by atoms with van der Waals surface area (Å²) < 4.78 is 13.8. The molecule has 1 heterocycles. The predicted octanol–water partition coefficient (Wildman–Crippen LogP) is 2.50. The molecule has 1 aromatic rings. The molecule has 0 aliphatic carbocycles. The maximum Gasteiger partial charge on any atom is 0.308 e. The normalized spacial score (nSPS) is 22.1. The molecule has 0 unspecified atom stereocenters. The Bertz CT molecular complexity index is 581. The Morgan fingerprint density at radius 3 is 2.70 bits per heavy atom. The van der Waals surface area contributed by atoms with Crippen molar-refractivity contribution in [2.45, 2.75) is 6.92 Å². The van der Waals surface area contributed by atoms with Crippen LogP contribution in [-0.4, -0.2) is 29.1 Å². The Kier molecular flexibility index (Phi) is 4.11. The predicted molar refractivity (Wildman–Crippen MR) is 78.3 cm³/mol. The lowest BCUT2D eigenvalue weighted by Gasteiger charge is -2.18. The fourth-order valence-corrected chi connectivity index (χ4v) is 2.86. The van der Waals surface area contributed by atoms with Gasteiger partial charge in [-0.05, 0) is 28.5 Å². The van der Waals surface area contributed by atoms with E-state index in [2.05, 4.69) is 0 Å². The molecule has 1 aliphatic rings. The molecule has 0 bridgehead atoms. The van der Waals surface area contributed by atoms with Gasteiger partial charge in [-0.25, -0.2) is 4.39 Å². The number of hydrogen-bond acceptors (Lipinski definition) is 4. The lowest BCUT2D eigenvalue weighted by molar-refractivity contribution is -0.384. The third-order valence-corrected chi connectivity index (χ3v) is 4.31. The quantitative estimate of drug-likeness (QED) is 0.484. The van der Waals surface area contributed by atoms with Crippen molar-refractivity contribution in [2.24, 2.45) is 11.8 Å². The molecule has 0 radical (unpaired) electrons. The van der Waals surface area contributed by atoms with Crippen LogP contribution < -0.4 is 4.90 Å². The largest absolute Gasteiger partial charge is 0.481 e. The van der Waals surface area contributed by atoms with E-state index in [1.807, 2.05) is 0 Å². The SMILES string of the molecule is C[C@@H]1CN(c2cc(F)c(I)cc2[N+](=O)[O-])C[C@H]1C(=O)O. The van der Waals surface area contributed by atoms with E-state index in [-0.39, 0.29) is 27.4 Å². The number of carboxylic acids is 1. The van der Waals surface area contributed by atoms with E-state index >= 15 is 0 Å². The van der Waals surface area contributed by atoms with Crippen molar-refractivity contribution in [1.82, 2.24) is 0 Å². The van der Waals surface area contributed by atoms with E-state index in [0.717, 1.165) is 6.07 Å². The molecule has 0 spiro atoms. The van der Waals surface area contributed by atoms with Crippen molar-refractivity contribution in [3.63, 3.8) is 0 Å². The number of hydrogen-bond donors (Lipinski definition) is 1. The van der Waals surface area contributed by atoms with Crippen LogP contribution >= 0.6 is 22.6 Å². The van der Waals surface area contributed by atoms with E-state index in [9.17, 15) is 19.3 Å². The average Bonchev–Trinajstić information content (AvgIpc) is 2.74. The number of nitro groups is 1. The van der Waals surface area contributed by atoms with Gasteiger partial charge in [0.05, 0.1) is 14.4 Å². The van der Waals surface area contributed by atoms with Gasteiger partial charge < -0.3 is 10.0 Å². The Morgan fingerprint density at radius 1 is 1.55 bits per heavy atom. The van der Waals surface area contributed by atoms with Gasteiger partial charge in [-0.3, -0.25) is 14.9 Å². The minimum Gasteiger partial charge on any atom is -0.481 e. The number of nitrogens with zero attached hydrogens (tertiary/aromatic N) is 2. The number of carboxylic acid groups (broad SMARTS) is 1. The molecule has 2 atom stereocenters. The summed E-state index contributed by atoms with van der Waals surface area (Å²) in [6, 6.07) is 2.28. The summed E-state index contributed by atoms with van der Waals surface area (Å²) in [5, 5.41) is 20.2. The summed E-state index contributed by atoms with van der Waals surface area (Å²) >= 11 is 1.69. The number of benzene rings is 1. The molecule has 20 heavy (non-hydrogen) atoms. The van der Waals surface area contributed by atoms with Gasteiger partial charge in [0.2, 0.25) is 0 Å². The van der Waals surface area contributed by atoms with Crippen LogP contribution in [0.1, 0.15) is 6.92 Å². The molecule has 2 rings (SSSR count). The van der Waals surface area contributed by atoms with Gasteiger partial charge in [-0.15, -0.1) is 0 Å². The average molecular weight is 394 g/mol. The molecule has 8 heteroatoms. The van der Waals surface area contributed by atoms with Crippen LogP contribution in [0.5, 0.6) is 0 Å². The lowest BCUT2D eigenvalue weighted by Crippen LogP contribution is -2.23. The lowest BCUT2D eigenvalue weighted by atomic mass is 9.99. The zero-order valence-corrected chi connectivity index (χ0v) is 12.7. The minimum absolute atomic E-state index is 0.142. The molecular formula is C12H12FIN2O4.